The Morgan fingerprint density at radius 1 is 1.17 bits per heavy atom. The Hall–Kier alpha value is -2.19. The number of hydrogen-bond acceptors (Lipinski definition) is 6. The zero-order valence-electron chi connectivity index (χ0n) is 14.5. The van der Waals surface area contributed by atoms with Gasteiger partial charge in [0.25, 0.3) is 0 Å². The number of hydrogen-bond donors (Lipinski definition) is 1. The molecule has 0 aliphatic heterocycles. The fourth-order valence-electron chi connectivity index (χ4n) is 2.24. The van der Waals surface area contributed by atoms with Crippen molar-refractivity contribution in [2.75, 3.05) is 26.1 Å². The Balaban J connectivity index is 2.23. The Morgan fingerprint density at radius 2 is 1.88 bits per heavy atom. The van der Waals surface area contributed by atoms with Crippen LogP contribution < -0.4 is 14.4 Å². The van der Waals surface area contributed by atoms with Gasteiger partial charge in [0.2, 0.25) is 10.0 Å². The van der Waals surface area contributed by atoms with E-state index >= 15 is 0 Å². The molecular formula is C16H22N4O3S. The molecule has 130 valence electrons. The quantitative estimate of drug-likeness (QED) is 0.853. The number of ether oxygens (including phenoxy) is 1. The number of anilines is 1. The molecule has 24 heavy (non-hydrogen) atoms. The highest BCUT2D eigenvalue weighted by Gasteiger charge is 2.19. The van der Waals surface area contributed by atoms with Gasteiger partial charge in [-0.05, 0) is 43.2 Å². The fourth-order valence-corrected chi connectivity index (χ4v) is 3.52. The summed E-state index contributed by atoms with van der Waals surface area (Å²) in [4.78, 5) is 10.5. The van der Waals surface area contributed by atoms with Crippen LogP contribution in [0.2, 0.25) is 0 Å². The minimum absolute atomic E-state index is 0.0224. The summed E-state index contributed by atoms with van der Waals surface area (Å²) in [6.45, 7) is 3.61. The van der Waals surface area contributed by atoms with Crippen LogP contribution in [0.15, 0.2) is 29.3 Å². The van der Waals surface area contributed by atoms with E-state index in [2.05, 4.69) is 14.7 Å². The minimum Gasteiger partial charge on any atom is -0.496 e. The molecule has 1 heterocycles. The second-order valence-electron chi connectivity index (χ2n) is 5.57. The largest absolute Gasteiger partial charge is 0.496 e. The molecule has 1 aromatic carbocycles. The normalized spacial score (nSPS) is 11.4. The zero-order chi connectivity index (χ0) is 17.9. The molecule has 0 aliphatic carbocycles. The maximum absolute atomic E-state index is 12.6. The van der Waals surface area contributed by atoms with Gasteiger partial charge in [0.15, 0.2) is 0 Å². The maximum atomic E-state index is 12.6. The number of nitrogens with zero attached hydrogens (tertiary/aromatic N) is 3. The molecule has 1 N–H and O–H groups in total. The van der Waals surface area contributed by atoms with E-state index < -0.39 is 10.0 Å². The topological polar surface area (TPSA) is 84.4 Å². The van der Waals surface area contributed by atoms with Gasteiger partial charge in [-0.2, -0.15) is 0 Å². The molecule has 0 amide bonds. The second kappa shape index (κ2) is 7.14. The summed E-state index contributed by atoms with van der Waals surface area (Å²) in [6.07, 6.45) is 1.61. The van der Waals surface area contributed by atoms with E-state index in [1.165, 1.54) is 0 Å². The molecule has 0 spiro atoms. The number of methoxy groups -OCH3 is 1. The van der Waals surface area contributed by atoms with E-state index in [-0.39, 0.29) is 11.4 Å². The fraction of sp³-hybridized carbons (Fsp3) is 0.375. The smallest absolute Gasteiger partial charge is 0.241 e. The van der Waals surface area contributed by atoms with Gasteiger partial charge >= 0.3 is 0 Å². The van der Waals surface area contributed by atoms with Crippen molar-refractivity contribution in [3.8, 4) is 5.75 Å². The third-order valence-electron chi connectivity index (χ3n) is 3.77. The van der Waals surface area contributed by atoms with Gasteiger partial charge in [-0.15, -0.1) is 0 Å². The lowest BCUT2D eigenvalue weighted by Crippen LogP contribution is -2.25. The molecule has 0 bridgehead atoms. The minimum atomic E-state index is -3.67. The van der Waals surface area contributed by atoms with E-state index in [4.69, 9.17) is 4.74 Å². The van der Waals surface area contributed by atoms with Crippen LogP contribution in [0.1, 0.15) is 17.0 Å². The van der Waals surface area contributed by atoms with Crippen LogP contribution in [0.3, 0.4) is 0 Å². The molecule has 0 saturated heterocycles. The van der Waals surface area contributed by atoms with Crippen LogP contribution in [0, 0.1) is 13.8 Å². The average molecular weight is 350 g/mol. The summed E-state index contributed by atoms with van der Waals surface area (Å²) < 4.78 is 32.9. The van der Waals surface area contributed by atoms with E-state index in [0.717, 1.165) is 11.4 Å². The molecule has 2 rings (SSSR count). The van der Waals surface area contributed by atoms with E-state index in [9.17, 15) is 8.42 Å². The van der Waals surface area contributed by atoms with Gasteiger partial charge in [0.1, 0.15) is 17.4 Å². The monoisotopic (exact) mass is 350 g/mol. The number of aromatic nitrogens is 2. The van der Waals surface area contributed by atoms with Crippen LogP contribution in [0.5, 0.6) is 5.75 Å². The highest BCUT2D eigenvalue weighted by atomic mass is 32.2. The number of nitrogens with one attached hydrogen (secondary N) is 1. The lowest BCUT2D eigenvalue weighted by Gasteiger charge is -2.14. The number of benzene rings is 1. The van der Waals surface area contributed by atoms with Crippen LogP contribution in [0.4, 0.5) is 5.82 Å². The van der Waals surface area contributed by atoms with Crippen molar-refractivity contribution in [1.29, 1.82) is 0 Å². The van der Waals surface area contributed by atoms with E-state index in [0.29, 0.717) is 17.1 Å². The van der Waals surface area contributed by atoms with Crippen molar-refractivity contribution < 1.29 is 13.2 Å². The van der Waals surface area contributed by atoms with Crippen LogP contribution in [-0.4, -0.2) is 39.6 Å². The molecule has 8 heteroatoms. The zero-order valence-corrected chi connectivity index (χ0v) is 15.3. The van der Waals surface area contributed by atoms with Crippen molar-refractivity contribution in [2.24, 2.45) is 0 Å². The van der Waals surface area contributed by atoms with Gasteiger partial charge in [0, 0.05) is 20.3 Å². The first-order valence-corrected chi connectivity index (χ1v) is 8.87. The second-order valence-corrected chi connectivity index (χ2v) is 7.30. The molecule has 0 aliphatic rings. The predicted octanol–water partition coefficient (Wildman–Crippen LogP) is 1.65. The molecule has 0 atom stereocenters. The lowest BCUT2D eigenvalue weighted by molar-refractivity contribution is 0.410. The van der Waals surface area contributed by atoms with Gasteiger partial charge in [0.05, 0.1) is 18.6 Å². The summed E-state index contributed by atoms with van der Waals surface area (Å²) in [6, 6.07) is 4.95. The maximum Gasteiger partial charge on any atom is 0.241 e. The molecule has 0 unspecified atom stereocenters. The van der Waals surface area contributed by atoms with Crippen LogP contribution in [0.25, 0.3) is 0 Å². The first-order chi connectivity index (χ1) is 11.3. The van der Waals surface area contributed by atoms with Crippen molar-refractivity contribution in [1.82, 2.24) is 14.7 Å². The highest BCUT2D eigenvalue weighted by Crippen LogP contribution is 2.26. The number of sulfonamides is 1. The Bertz CT molecular complexity index is 835. The van der Waals surface area contributed by atoms with Gasteiger partial charge in [-0.1, -0.05) is 0 Å². The third kappa shape index (κ3) is 3.82. The Labute approximate surface area is 142 Å². The number of rotatable bonds is 6. The van der Waals surface area contributed by atoms with Crippen LogP contribution in [-0.2, 0) is 16.6 Å². The first kappa shape index (κ1) is 18.2. The van der Waals surface area contributed by atoms with Gasteiger partial charge < -0.3 is 9.64 Å². The Morgan fingerprint density at radius 3 is 2.50 bits per heavy atom. The lowest BCUT2D eigenvalue weighted by atomic mass is 10.1. The summed E-state index contributed by atoms with van der Waals surface area (Å²) in [5.41, 5.74) is 1.45. The molecule has 1 aromatic heterocycles. The van der Waals surface area contributed by atoms with E-state index in [1.807, 2.05) is 25.9 Å². The van der Waals surface area contributed by atoms with Gasteiger partial charge in [-0.3, -0.25) is 0 Å². The van der Waals surface area contributed by atoms with Crippen molar-refractivity contribution in [2.45, 2.75) is 25.3 Å². The first-order valence-electron chi connectivity index (χ1n) is 7.39. The molecule has 2 aromatic rings. The molecule has 0 radical (unpaired) electrons. The summed E-state index contributed by atoms with van der Waals surface area (Å²) in [5.74, 6) is 1.79. The molecular weight excluding hydrogens is 328 g/mol. The van der Waals surface area contributed by atoms with Gasteiger partial charge in [-0.25, -0.2) is 23.1 Å². The molecule has 7 nitrogen and oxygen atoms in total. The predicted molar refractivity (Wildman–Crippen MR) is 92.9 cm³/mol. The SMILES string of the molecule is COc1ccc(S(=O)(=O)NCc2nccc(N(C)C)n2)c(C)c1C. The summed E-state index contributed by atoms with van der Waals surface area (Å²) >= 11 is 0. The third-order valence-corrected chi connectivity index (χ3v) is 5.31. The van der Waals surface area contributed by atoms with Crippen molar-refractivity contribution >= 4 is 15.8 Å². The summed E-state index contributed by atoms with van der Waals surface area (Å²) in [5, 5.41) is 0. The average Bonchev–Trinajstić information content (AvgIpc) is 2.55. The molecule has 0 fully saturated rings. The van der Waals surface area contributed by atoms with Crippen molar-refractivity contribution in [3.63, 3.8) is 0 Å². The van der Waals surface area contributed by atoms with E-state index in [1.54, 1.807) is 38.4 Å². The highest BCUT2D eigenvalue weighted by molar-refractivity contribution is 7.89. The Kier molecular flexibility index (Phi) is 5.40. The van der Waals surface area contributed by atoms with Crippen LogP contribution >= 0.6 is 0 Å². The molecule has 0 saturated carbocycles. The summed E-state index contributed by atoms with van der Waals surface area (Å²) in [7, 11) is 1.61. The standard InChI is InChI=1S/C16H22N4O3S/c1-11-12(2)14(7-6-13(11)23-5)24(21,22)18-10-15-17-9-8-16(19-15)20(3)4/h6-9,18H,10H2,1-5H3. The van der Waals surface area contributed by atoms with Crippen molar-refractivity contribution in [3.05, 3.63) is 41.3 Å².